The van der Waals surface area contributed by atoms with Crippen molar-refractivity contribution in [2.45, 2.75) is 25.3 Å². The van der Waals surface area contributed by atoms with Crippen LogP contribution in [0.4, 0.5) is 0 Å². The van der Waals surface area contributed by atoms with Crippen LogP contribution in [0.1, 0.15) is 19.3 Å². The van der Waals surface area contributed by atoms with E-state index >= 15 is 0 Å². The van der Waals surface area contributed by atoms with Crippen molar-refractivity contribution >= 4 is 27.4 Å². The number of hydrazone groups is 1. The van der Waals surface area contributed by atoms with Gasteiger partial charge in [0.1, 0.15) is 18.8 Å². The molecule has 1 atom stereocenters. The molecule has 0 radical (unpaired) electrons. The lowest BCUT2D eigenvalue weighted by atomic mass is 10.1. The lowest BCUT2D eigenvalue weighted by molar-refractivity contribution is -0.134. The molecule has 0 aromatic carbocycles. The largest absolute Gasteiger partial charge is 0.311 e. The van der Waals surface area contributed by atoms with Crippen molar-refractivity contribution in [2.24, 2.45) is 5.10 Å². The van der Waals surface area contributed by atoms with Gasteiger partial charge in [-0.3, -0.25) is 9.59 Å². The fraction of sp³-hybridized carbons (Fsp3) is 0.615. The third kappa shape index (κ3) is 3.85. The van der Waals surface area contributed by atoms with Crippen LogP contribution < -0.4 is 0 Å². The number of amides is 2. The maximum atomic E-state index is 12.3. The third-order valence-electron chi connectivity index (χ3n) is 3.67. The van der Waals surface area contributed by atoms with E-state index in [9.17, 15) is 18.0 Å². The summed E-state index contributed by atoms with van der Waals surface area (Å²) in [5.41, 5.74) is 0.0689. The summed E-state index contributed by atoms with van der Waals surface area (Å²) in [5.74, 6) is -1.07. The highest BCUT2D eigenvalue weighted by molar-refractivity contribution is 7.91. The third-order valence-corrected chi connectivity index (χ3v) is 5.42. The molecule has 0 aromatic rings. The van der Waals surface area contributed by atoms with Gasteiger partial charge in [0.05, 0.1) is 29.7 Å². The summed E-state index contributed by atoms with van der Waals surface area (Å²) in [6, 6.07) is 3.04. The normalized spacial score (nSPS) is 22.9. The van der Waals surface area contributed by atoms with Crippen molar-refractivity contribution < 1.29 is 18.0 Å². The average molecular weight is 337 g/mol. The molecule has 0 spiro atoms. The molecule has 0 aliphatic carbocycles. The summed E-state index contributed by atoms with van der Waals surface area (Å²) in [6.45, 7) is -0.506. The Morgan fingerprint density at radius 2 is 1.96 bits per heavy atom. The molecule has 1 saturated heterocycles. The van der Waals surface area contributed by atoms with Gasteiger partial charge in [-0.2, -0.15) is 15.6 Å². The topological polar surface area (TPSA) is 135 Å². The fourth-order valence-electron chi connectivity index (χ4n) is 2.53. The van der Waals surface area contributed by atoms with Crippen molar-refractivity contribution in [3.05, 3.63) is 0 Å². The molecule has 0 unspecified atom stereocenters. The first-order valence-corrected chi connectivity index (χ1v) is 8.83. The molecule has 23 heavy (non-hydrogen) atoms. The van der Waals surface area contributed by atoms with E-state index < -0.39 is 21.8 Å². The van der Waals surface area contributed by atoms with Crippen molar-refractivity contribution in [1.82, 2.24) is 9.91 Å². The minimum Gasteiger partial charge on any atom is -0.311 e. The van der Waals surface area contributed by atoms with E-state index in [2.05, 4.69) is 5.10 Å². The molecule has 1 fully saturated rings. The van der Waals surface area contributed by atoms with Gasteiger partial charge in [0.2, 0.25) is 5.91 Å². The van der Waals surface area contributed by atoms with Crippen LogP contribution in [0.2, 0.25) is 0 Å². The maximum Gasteiger partial charge on any atom is 0.271 e. The zero-order chi connectivity index (χ0) is 17.0. The van der Waals surface area contributed by atoms with E-state index in [1.165, 1.54) is 0 Å². The monoisotopic (exact) mass is 337 g/mol. The Labute approximate surface area is 133 Å². The van der Waals surface area contributed by atoms with Gasteiger partial charge in [0.25, 0.3) is 5.91 Å². The quantitative estimate of drug-likeness (QED) is 0.606. The molecule has 9 nitrogen and oxygen atoms in total. The highest BCUT2D eigenvalue weighted by Gasteiger charge is 2.37. The zero-order valence-electron chi connectivity index (χ0n) is 12.3. The summed E-state index contributed by atoms with van der Waals surface area (Å²) >= 11 is 0. The number of sulfone groups is 1. The lowest BCUT2D eigenvalue weighted by Gasteiger charge is -2.28. The summed E-state index contributed by atoms with van der Waals surface area (Å²) in [6.07, 6.45) is 0.453. The minimum absolute atomic E-state index is 0.00473. The number of nitriles is 2. The summed E-state index contributed by atoms with van der Waals surface area (Å²) < 4.78 is 23.1. The molecule has 0 bridgehead atoms. The molecule has 122 valence electrons. The Morgan fingerprint density at radius 3 is 2.48 bits per heavy atom. The number of hydrogen-bond donors (Lipinski definition) is 0. The van der Waals surface area contributed by atoms with Crippen molar-refractivity contribution in [3.8, 4) is 12.1 Å². The highest BCUT2D eigenvalue weighted by atomic mass is 32.2. The van der Waals surface area contributed by atoms with E-state index in [1.807, 2.05) is 0 Å². The molecule has 10 heteroatoms. The van der Waals surface area contributed by atoms with Crippen LogP contribution in [0, 0.1) is 22.7 Å². The fourth-order valence-corrected chi connectivity index (χ4v) is 4.22. The van der Waals surface area contributed by atoms with Gasteiger partial charge in [-0.1, -0.05) is 0 Å². The second-order valence-corrected chi connectivity index (χ2v) is 7.55. The van der Waals surface area contributed by atoms with Crippen molar-refractivity contribution in [3.63, 3.8) is 0 Å². The number of rotatable bonds is 4. The minimum atomic E-state index is -3.18. The molecule has 2 rings (SSSR count). The Kier molecular flexibility index (Phi) is 4.96. The number of carbonyl (C=O) groups is 2. The first-order valence-electron chi connectivity index (χ1n) is 7.01. The van der Waals surface area contributed by atoms with Crippen LogP contribution in [0.15, 0.2) is 5.10 Å². The van der Waals surface area contributed by atoms with Crippen LogP contribution in [0.3, 0.4) is 0 Å². The van der Waals surface area contributed by atoms with Crippen molar-refractivity contribution in [1.29, 1.82) is 10.5 Å². The van der Waals surface area contributed by atoms with Gasteiger partial charge in [0, 0.05) is 12.8 Å². The average Bonchev–Trinajstić information content (AvgIpc) is 2.87. The van der Waals surface area contributed by atoms with Crippen LogP contribution in [0.25, 0.3) is 0 Å². The summed E-state index contributed by atoms with van der Waals surface area (Å²) in [7, 11) is -3.18. The van der Waals surface area contributed by atoms with Crippen molar-refractivity contribution in [2.75, 3.05) is 24.6 Å². The van der Waals surface area contributed by atoms with Crippen LogP contribution in [0.5, 0.6) is 0 Å². The molecular weight excluding hydrogens is 322 g/mol. The Bertz CT molecular complexity index is 714. The molecule has 2 aliphatic heterocycles. The highest BCUT2D eigenvalue weighted by Crippen LogP contribution is 2.22. The molecule has 0 saturated carbocycles. The van der Waals surface area contributed by atoms with E-state index in [4.69, 9.17) is 10.5 Å². The zero-order valence-corrected chi connectivity index (χ0v) is 13.1. The smallest absolute Gasteiger partial charge is 0.271 e. The van der Waals surface area contributed by atoms with Crippen LogP contribution >= 0.6 is 0 Å². The van der Waals surface area contributed by atoms with Gasteiger partial charge in [-0.05, 0) is 6.42 Å². The van der Waals surface area contributed by atoms with E-state index in [0.717, 1.165) is 9.91 Å². The number of hydrogen-bond acceptors (Lipinski definition) is 7. The Morgan fingerprint density at radius 1 is 1.30 bits per heavy atom. The van der Waals surface area contributed by atoms with E-state index in [1.54, 1.807) is 12.1 Å². The lowest BCUT2D eigenvalue weighted by Crippen LogP contribution is -2.45. The van der Waals surface area contributed by atoms with Gasteiger partial charge in [-0.15, -0.1) is 0 Å². The predicted octanol–water partition coefficient (Wildman–Crippen LogP) is -0.972. The number of carbonyl (C=O) groups excluding carboxylic acids is 2. The molecule has 0 N–H and O–H groups in total. The number of nitrogens with zero attached hydrogens (tertiary/aromatic N) is 5. The van der Waals surface area contributed by atoms with Gasteiger partial charge < -0.3 is 4.90 Å². The summed E-state index contributed by atoms with van der Waals surface area (Å²) in [4.78, 5) is 25.3. The second-order valence-electron chi connectivity index (χ2n) is 5.32. The first kappa shape index (κ1) is 16.9. The Balaban J connectivity index is 2.21. The molecular formula is C13H15N5O4S. The van der Waals surface area contributed by atoms with Gasteiger partial charge >= 0.3 is 0 Å². The SMILES string of the molecule is N#CCN(CC#N)C(=O)C1=NN([C@H]2CCS(=O)(=O)C2)C(=O)CC1. The van der Waals surface area contributed by atoms with E-state index in [-0.39, 0.29) is 49.1 Å². The molecule has 2 heterocycles. The Hall–Kier alpha value is -2.46. The maximum absolute atomic E-state index is 12.3. The second kappa shape index (κ2) is 6.75. The van der Waals surface area contributed by atoms with E-state index in [0.29, 0.717) is 6.42 Å². The van der Waals surface area contributed by atoms with Gasteiger partial charge in [-0.25, -0.2) is 13.4 Å². The van der Waals surface area contributed by atoms with Crippen LogP contribution in [-0.4, -0.2) is 66.5 Å². The molecule has 2 amide bonds. The summed E-state index contributed by atoms with van der Waals surface area (Å²) in [5, 5.41) is 22.5. The first-order chi connectivity index (χ1) is 10.9. The standard InChI is InChI=1S/C13H15N5O4S/c14-4-6-17(7-5-15)13(20)11-1-2-12(19)18(16-11)10-3-8-23(21,22)9-10/h10H,1-3,6-9H2/t10-/m0/s1. The van der Waals surface area contributed by atoms with Gasteiger partial charge in [0.15, 0.2) is 9.84 Å². The molecule has 2 aliphatic rings. The van der Waals surface area contributed by atoms with Crippen LogP contribution in [-0.2, 0) is 19.4 Å². The predicted molar refractivity (Wildman–Crippen MR) is 78.4 cm³/mol. The molecule has 0 aromatic heterocycles.